The fourth-order valence-electron chi connectivity index (χ4n) is 1.78. The minimum absolute atomic E-state index is 0.116. The molecule has 0 fully saturated rings. The Morgan fingerprint density at radius 3 is 2.58 bits per heavy atom. The van der Waals surface area contributed by atoms with Crippen LogP contribution in [0.3, 0.4) is 0 Å². The van der Waals surface area contributed by atoms with E-state index in [-0.39, 0.29) is 18.1 Å². The lowest BCUT2D eigenvalue weighted by Crippen LogP contribution is -2.15. The molecule has 0 aliphatic heterocycles. The van der Waals surface area contributed by atoms with Crippen molar-refractivity contribution in [3.8, 4) is 11.5 Å². The maximum Gasteiger partial charge on any atom is 0.229 e. The molecular weight excluding hydrogens is 242 g/mol. The maximum atomic E-state index is 11.9. The van der Waals surface area contributed by atoms with Gasteiger partial charge in [0.2, 0.25) is 5.91 Å². The number of carbonyl (C=O) groups excluding carboxylic acids is 1. The second-order valence-corrected chi connectivity index (χ2v) is 4.05. The monoisotopic (exact) mass is 257 g/mol. The SMILES string of the molecule is COc1ccccc1NC(=O)Cc1ccccc1O. The topological polar surface area (TPSA) is 58.6 Å². The largest absolute Gasteiger partial charge is 0.508 e. The van der Waals surface area contributed by atoms with E-state index < -0.39 is 0 Å². The van der Waals surface area contributed by atoms with Gasteiger partial charge in [0.15, 0.2) is 0 Å². The van der Waals surface area contributed by atoms with Crippen LogP contribution in [0.4, 0.5) is 5.69 Å². The smallest absolute Gasteiger partial charge is 0.229 e. The first-order valence-electron chi connectivity index (χ1n) is 5.90. The average Bonchev–Trinajstić information content (AvgIpc) is 2.42. The molecule has 2 rings (SSSR count). The van der Waals surface area contributed by atoms with E-state index in [0.29, 0.717) is 17.0 Å². The van der Waals surface area contributed by atoms with Gasteiger partial charge in [-0.05, 0) is 18.2 Å². The first-order valence-corrected chi connectivity index (χ1v) is 5.90. The van der Waals surface area contributed by atoms with Crippen molar-refractivity contribution in [1.82, 2.24) is 0 Å². The fourth-order valence-corrected chi connectivity index (χ4v) is 1.78. The summed E-state index contributed by atoms with van der Waals surface area (Å²) in [6.45, 7) is 0. The van der Waals surface area contributed by atoms with Crippen molar-refractivity contribution in [2.45, 2.75) is 6.42 Å². The van der Waals surface area contributed by atoms with Crippen molar-refractivity contribution in [1.29, 1.82) is 0 Å². The number of phenols is 1. The summed E-state index contributed by atoms with van der Waals surface area (Å²) in [5, 5.41) is 12.4. The fraction of sp³-hybridized carbons (Fsp3) is 0.133. The van der Waals surface area contributed by atoms with Crippen molar-refractivity contribution < 1.29 is 14.6 Å². The van der Waals surface area contributed by atoms with E-state index in [1.807, 2.05) is 12.1 Å². The Kier molecular flexibility index (Phi) is 4.03. The van der Waals surface area contributed by atoms with Crippen molar-refractivity contribution in [3.63, 3.8) is 0 Å². The van der Waals surface area contributed by atoms with Gasteiger partial charge < -0.3 is 15.2 Å². The number of amides is 1. The Balaban J connectivity index is 2.08. The number of phenolic OH excluding ortho intramolecular Hbond substituents is 1. The number of nitrogens with one attached hydrogen (secondary N) is 1. The number of ether oxygens (including phenoxy) is 1. The number of rotatable bonds is 4. The van der Waals surface area contributed by atoms with E-state index in [0.717, 1.165) is 0 Å². The highest BCUT2D eigenvalue weighted by molar-refractivity contribution is 5.93. The molecular formula is C15H15NO3. The zero-order chi connectivity index (χ0) is 13.7. The van der Waals surface area contributed by atoms with Crippen molar-refractivity contribution in [3.05, 3.63) is 54.1 Å². The number of hydrogen-bond acceptors (Lipinski definition) is 3. The summed E-state index contributed by atoms with van der Waals surface area (Å²) in [6, 6.07) is 14.0. The Morgan fingerprint density at radius 2 is 1.84 bits per heavy atom. The Bertz CT molecular complexity index is 581. The van der Waals surface area contributed by atoms with E-state index in [1.54, 1.807) is 43.5 Å². The molecule has 4 heteroatoms. The van der Waals surface area contributed by atoms with Gasteiger partial charge >= 0.3 is 0 Å². The van der Waals surface area contributed by atoms with Crippen LogP contribution in [0.25, 0.3) is 0 Å². The summed E-state index contributed by atoms with van der Waals surface area (Å²) in [4.78, 5) is 11.9. The van der Waals surface area contributed by atoms with Crippen molar-refractivity contribution in [2.24, 2.45) is 0 Å². The maximum absolute atomic E-state index is 11.9. The molecule has 0 aromatic heterocycles. The van der Waals surface area contributed by atoms with E-state index in [9.17, 15) is 9.90 Å². The minimum atomic E-state index is -0.203. The molecule has 0 saturated heterocycles. The molecule has 0 aliphatic rings. The lowest BCUT2D eigenvalue weighted by molar-refractivity contribution is -0.115. The highest BCUT2D eigenvalue weighted by Gasteiger charge is 2.09. The molecule has 0 spiro atoms. The van der Waals surface area contributed by atoms with Gasteiger partial charge in [-0.1, -0.05) is 30.3 Å². The highest BCUT2D eigenvalue weighted by Crippen LogP contribution is 2.23. The van der Waals surface area contributed by atoms with Crippen LogP contribution in [0.2, 0.25) is 0 Å². The summed E-state index contributed by atoms with van der Waals surface area (Å²) in [7, 11) is 1.55. The first kappa shape index (κ1) is 13.0. The van der Waals surface area contributed by atoms with Crippen molar-refractivity contribution in [2.75, 3.05) is 12.4 Å². The van der Waals surface area contributed by atoms with Crippen LogP contribution in [0.15, 0.2) is 48.5 Å². The lowest BCUT2D eigenvalue weighted by Gasteiger charge is -2.10. The van der Waals surface area contributed by atoms with Gasteiger partial charge in [-0.2, -0.15) is 0 Å². The van der Waals surface area contributed by atoms with Crippen LogP contribution < -0.4 is 10.1 Å². The van der Waals surface area contributed by atoms with Gasteiger partial charge in [-0.15, -0.1) is 0 Å². The summed E-state index contributed by atoms with van der Waals surface area (Å²) < 4.78 is 5.16. The highest BCUT2D eigenvalue weighted by atomic mass is 16.5. The molecule has 2 aromatic carbocycles. The minimum Gasteiger partial charge on any atom is -0.508 e. The van der Waals surface area contributed by atoms with Crippen LogP contribution in [0, 0.1) is 0 Å². The van der Waals surface area contributed by atoms with E-state index in [4.69, 9.17) is 4.74 Å². The molecule has 0 bridgehead atoms. The van der Waals surface area contributed by atoms with Gasteiger partial charge in [-0.3, -0.25) is 4.79 Å². The summed E-state index contributed by atoms with van der Waals surface area (Å²) in [5.41, 5.74) is 1.21. The zero-order valence-electron chi connectivity index (χ0n) is 10.6. The number of aromatic hydroxyl groups is 1. The zero-order valence-corrected chi connectivity index (χ0v) is 10.6. The standard InChI is InChI=1S/C15H15NO3/c1-19-14-9-5-3-7-12(14)16-15(18)10-11-6-2-4-8-13(11)17/h2-9,17H,10H2,1H3,(H,16,18). The molecule has 1 amide bonds. The van der Waals surface area contributed by atoms with E-state index in [2.05, 4.69) is 5.32 Å². The number of benzene rings is 2. The molecule has 0 heterocycles. The molecule has 4 nitrogen and oxygen atoms in total. The third-order valence-corrected chi connectivity index (χ3v) is 2.72. The predicted octanol–water partition coefficient (Wildman–Crippen LogP) is 2.58. The molecule has 0 radical (unpaired) electrons. The second kappa shape index (κ2) is 5.91. The first-order chi connectivity index (χ1) is 9.20. The summed E-state index contributed by atoms with van der Waals surface area (Å²) >= 11 is 0. The summed E-state index contributed by atoms with van der Waals surface area (Å²) in [5.74, 6) is 0.525. The lowest BCUT2D eigenvalue weighted by atomic mass is 10.1. The Labute approximate surface area is 111 Å². The molecule has 0 saturated carbocycles. The van der Waals surface area contributed by atoms with Gasteiger partial charge in [0.05, 0.1) is 19.2 Å². The quantitative estimate of drug-likeness (QED) is 0.885. The van der Waals surface area contributed by atoms with Crippen molar-refractivity contribution >= 4 is 11.6 Å². The van der Waals surface area contributed by atoms with Crippen LogP contribution in [-0.2, 0) is 11.2 Å². The molecule has 2 aromatic rings. The predicted molar refractivity (Wildman–Crippen MR) is 73.4 cm³/mol. The van der Waals surface area contributed by atoms with Crippen LogP contribution in [0.1, 0.15) is 5.56 Å². The number of carbonyl (C=O) groups is 1. The van der Waals surface area contributed by atoms with E-state index in [1.165, 1.54) is 0 Å². The number of para-hydroxylation sites is 3. The summed E-state index contributed by atoms with van der Waals surface area (Å²) in [6.07, 6.45) is 0.116. The Morgan fingerprint density at radius 1 is 1.16 bits per heavy atom. The van der Waals surface area contributed by atoms with Gasteiger partial charge in [-0.25, -0.2) is 0 Å². The Hall–Kier alpha value is -2.49. The third kappa shape index (κ3) is 3.25. The average molecular weight is 257 g/mol. The van der Waals surface area contributed by atoms with Gasteiger partial charge in [0, 0.05) is 5.56 Å². The van der Waals surface area contributed by atoms with Gasteiger partial charge in [0.25, 0.3) is 0 Å². The van der Waals surface area contributed by atoms with Crippen LogP contribution in [0.5, 0.6) is 11.5 Å². The second-order valence-electron chi connectivity index (χ2n) is 4.05. The molecule has 0 aliphatic carbocycles. The normalized spacial score (nSPS) is 9.95. The van der Waals surface area contributed by atoms with Crippen LogP contribution >= 0.6 is 0 Å². The number of anilines is 1. The molecule has 98 valence electrons. The molecule has 0 unspecified atom stereocenters. The number of hydrogen-bond donors (Lipinski definition) is 2. The third-order valence-electron chi connectivity index (χ3n) is 2.72. The molecule has 19 heavy (non-hydrogen) atoms. The molecule has 0 atom stereocenters. The number of methoxy groups -OCH3 is 1. The van der Waals surface area contributed by atoms with Gasteiger partial charge in [0.1, 0.15) is 11.5 Å². The molecule has 2 N–H and O–H groups in total. The van der Waals surface area contributed by atoms with Crippen LogP contribution in [-0.4, -0.2) is 18.1 Å². The van der Waals surface area contributed by atoms with E-state index >= 15 is 0 Å².